The lowest BCUT2D eigenvalue weighted by Gasteiger charge is -2.26. The summed E-state index contributed by atoms with van der Waals surface area (Å²) in [7, 11) is 0. The van der Waals surface area contributed by atoms with Crippen molar-refractivity contribution in [3.05, 3.63) is 59.7 Å². The van der Waals surface area contributed by atoms with Gasteiger partial charge in [0.1, 0.15) is 5.75 Å². The van der Waals surface area contributed by atoms with Gasteiger partial charge >= 0.3 is 0 Å². The number of nitrogens with one attached hydrogen (secondary N) is 1. The Morgan fingerprint density at radius 3 is 2.86 bits per heavy atom. The van der Waals surface area contributed by atoms with Gasteiger partial charge < -0.3 is 10.4 Å². The van der Waals surface area contributed by atoms with Crippen LogP contribution in [0.4, 0.5) is 0 Å². The number of hydrogen-bond donors (Lipinski definition) is 2. The van der Waals surface area contributed by atoms with E-state index in [4.69, 9.17) is 0 Å². The first-order chi connectivity index (χ1) is 10.3. The second kappa shape index (κ2) is 7.01. The molecule has 1 unspecified atom stereocenters. The highest BCUT2D eigenvalue weighted by molar-refractivity contribution is 7.99. The molecule has 1 atom stereocenters. The normalized spacial score (nSPS) is 17.4. The van der Waals surface area contributed by atoms with E-state index < -0.39 is 0 Å². The van der Waals surface area contributed by atoms with Crippen LogP contribution >= 0.6 is 11.8 Å². The van der Waals surface area contributed by atoms with Crippen molar-refractivity contribution in [1.82, 2.24) is 5.32 Å². The van der Waals surface area contributed by atoms with Gasteiger partial charge in [-0.15, -0.1) is 11.8 Å². The molecule has 2 nitrogen and oxygen atoms in total. The van der Waals surface area contributed by atoms with Gasteiger partial charge in [0.2, 0.25) is 0 Å². The highest BCUT2D eigenvalue weighted by atomic mass is 32.2. The number of thioether (sulfide) groups is 1. The van der Waals surface area contributed by atoms with Crippen molar-refractivity contribution in [3.63, 3.8) is 0 Å². The number of hydrogen-bond acceptors (Lipinski definition) is 3. The molecule has 0 fully saturated rings. The quantitative estimate of drug-likeness (QED) is 0.642. The fourth-order valence-electron chi connectivity index (χ4n) is 2.92. The minimum absolute atomic E-state index is 0.376. The maximum Gasteiger partial charge on any atom is 0.115 e. The van der Waals surface area contributed by atoms with Crippen molar-refractivity contribution < 1.29 is 5.11 Å². The zero-order valence-electron chi connectivity index (χ0n) is 12.1. The van der Waals surface area contributed by atoms with E-state index in [0.29, 0.717) is 11.8 Å². The van der Waals surface area contributed by atoms with Gasteiger partial charge in [0, 0.05) is 23.2 Å². The maximum atomic E-state index is 9.69. The topological polar surface area (TPSA) is 32.3 Å². The Labute approximate surface area is 130 Å². The Morgan fingerprint density at radius 1 is 1.14 bits per heavy atom. The van der Waals surface area contributed by atoms with Gasteiger partial charge in [-0.2, -0.15) is 0 Å². The number of rotatable bonds is 5. The molecule has 0 spiro atoms. The van der Waals surface area contributed by atoms with Crippen LogP contribution in [0.2, 0.25) is 0 Å². The third-order valence-electron chi connectivity index (χ3n) is 3.95. The van der Waals surface area contributed by atoms with Crippen molar-refractivity contribution in [2.45, 2.75) is 30.2 Å². The predicted molar refractivity (Wildman–Crippen MR) is 89.0 cm³/mol. The van der Waals surface area contributed by atoms with Crippen LogP contribution in [0.25, 0.3) is 0 Å². The molecule has 0 bridgehead atoms. The third-order valence-corrected chi connectivity index (χ3v) is 4.96. The summed E-state index contributed by atoms with van der Waals surface area (Å²) in [5.74, 6) is 1.44. The van der Waals surface area contributed by atoms with Gasteiger partial charge in [0.05, 0.1) is 0 Å². The third kappa shape index (κ3) is 3.80. The van der Waals surface area contributed by atoms with E-state index in [9.17, 15) is 5.11 Å². The zero-order chi connectivity index (χ0) is 14.5. The summed E-state index contributed by atoms with van der Waals surface area (Å²) in [6.45, 7) is 0.985. The fourth-order valence-corrected chi connectivity index (χ4v) is 3.72. The summed E-state index contributed by atoms with van der Waals surface area (Å²) in [6.07, 6.45) is 3.51. The Morgan fingerprint density at radius 2 is 2.00 bits per heavy atom. The average Bonchev–Trinajstić information content (AvgIpc) is 2.53. The summed E-state index contributed by atoms with van der Waals surface area (Å²) in [5, 5.41) is 13.3. The summed E-state index contributed by atoms with van der Waals surface area (Å²) >= 11 is 1.88. The Hall–Kier alpha value is -1.45. The average molecular weight is 299 g/mol. The zero-order valence-corrected chi connectivity index (χ0v) is 12.9. The second-order valence-corrected chi connectivity index (χ2v) is 6.61. The molecule has 0 aromatic heterocycles. The SMILES string of the molecule is Oc1ccc2c(c1)C(NCCSc1ccccc1)CCC2. The standard InChI is InChI=1S/C18H21NOS/c20-15-10-9-14-5-4-8-18(17(14)13-15)19-11-12-21-16-6-2-1-3-7-16/h1-3,6-7,9-10,13,18-20H,4-5,8,11-12H2. The van der Waals surface area contributed by atoms with Crippen molar-refractivity contribution >= 4 is 11.8 Å². The van der Waals surface area contributed by atoms with E-state index in [1.807, 2.05) is 23.9 Å². The van der Waals surface area contributed by atoms with E-state index >= 15 is 0 Å². The van der Waals surface area contributed by atoms with E-state index in [2.05, 4.69) is 35.6 Å². The molecule has 2 aromatic rings. The molecule has 0 heterocycles. The molecule has 3 rings (SSSR count). The molecule has 3 heteroatoms. The molecular weight excluding hydrogens is 278 g/mol. The van der Waals surface area contributed by atoms with Crippen LogP contribution in [0.15, 0.2) is 53.4 Å². The molecule has 2 N–H and O–H groups in total. The number of aryl methyl sites for hydroxylation is 1. The Bertz CT molecular complexity index is 585. The minimum atomic E-state index is 0.376. The summed E-state index contributed by atoms with van der Waals surface area (Å²) in [6, 6.07) is 16.7. The molecular formula is C18H21NOS. The molecule has 0 saturated carbocycles. The van der Waals surface area contributed by atoms with Gasteiger partial charge in [-0.25, -0.2) is 0 Å². The van der Waals surface area contributed by atoms with Crippen molar-refractivity contribution in [3.8, 4) is 5.75 Å². The second-order valence-electron chi connectivity index (χ2n) is 5.44. The van der Waals surface area contributed by atoms with Crippen LogP contribution < -0.4 is 5.32 Å². The predicted octanol–water partition coefficient (Wildman–Crippen LogP) is 4.15. The Kier molecular flexibility index (Phi) is 4.84. The maximum absolute atomic E-state index is 9.69. The first kappa shape index (κ1) is 14.5. The van der Waals surface area contributed by atoms with Crippen LogP contribution in [-0.4, -0.2) is 17.4 Å². The summed E-state index contributed by atoms with van der Waals surface area (Å²) in [4.78, 5) is 1.32. The lowest BCUT2D eigenvalue weighted by molar-refractivity contribution is 0.454. The lowest BCUT2D eigenvalue weighted by atomic mass is 9.87. The molecule has 1 aliphatic carbocycles. The van der Waals surface area contributed by atoms with Crippen LogP contribution in [-0.2, 0) is 6.42 Å². The van der Waals surface area contributed by atoms with Gasteiger partial charge in [0.25, 0.3) is 0 Å². The number of phenolic OH excluding ortho intramolecular Hbond substituents is 1. The number of phenols is 1. The van der Waals surface area contributed by atoms with E-state index in [-0.39, 0.29) is 0 Å². The smallest absolute Gasteiger partial charge is 0.115 e. The van der Waals surface area contributed by atoms with Crippen LogP contribution in [0.5, 0.6) is 5.75 Å². The molecule has 110 valence electrons. The molecule has 0 radical (unpaired) electrons. The summed E-state index contributed by atoms with van der Waals surface area (Å²) < 4.78 is 0. The minimum Gasteiger partial charge on any atom is -0.508 e. The molecule has 0 saturated heterocycles. The number of fused-ring (bicyclic) bond motifs is 1. The Balaban J connectivity index is 1.54. The molecule has 1 aliphatic rings. The van der Waals surface area contributed by atoms with E-state index in [1.54, 1.807) is 6.07 Å². The van der Waals surface area contributed by atoms with Gasteiger partial charge in [0.15, 0.2) is 0 Å². The number of aromatic hydroxyl groups is 1. The van der Waals surface area contributed by atoms with Gasteiger partial charge in [-0.1, -0.05) is 24.3 Å². The summed E-state index contributed by atoms with van der Waals surface area (Å²) in [5.41, 5.74) is 2.67. The van der Waals surface area contributed by atoms with Crippen LogP contribution in [0.3, 0.4) is 0 Å². The van der Waals surface area contributed by atoms with Crippen molar-refractivity contribution in [2.24, 2.45) is 0 Å². The van der Waals surface area contributed by atoms with Gasteiger partial charge in [-0.05, 0) is 54.7 Å². The highest BCUT2D eigenvalue weighted by Gasteiger charge is 2.19. The van der Waals surface area contributed by atoms with Crippen LogP contribution in [0, 0.1) is 0 Å². The molecule has 0 aliphatic heterocycles. The van der Waals surface area contributed by atoms with Crippen molar-refractivity contribution in [1.29, 1.82) is 0 Å². The molecule has 2 aromatic carbocycles. The van der Waals surface area contributed by atoms with E-state index in [1.165, 1.54) is 22.4 Å². The van der Waals surface area contributed by atoms with Crippen molar-refractivity contribution in [2.75, 3.05) is 12.3 Å². The molecule has 0 amide bonds. The first-order valence-corrected chi connectivity index (χ1v) is 8.54. The fraction of sp³-hybridized carbons (Fsp3) is 0.333. The highest BCUT2D eigenvalue weighted by Crippen LogP contribution is 2.32. The largest absolute Gasteiger partial charge is 0.508 e. The van der Waals surface area contributed by atoms with Crippen LogP contribution in [0.1, 0.15) is 30.0 Å². The van der Waals surface area contributed by atoms with E-state index in [0.717, 1.165) is 25.1 Å². The monoisotopic (exact) mass is 299 g/mol. The molecule has 21 heavy (non-hydrogen) atoms. The van der Waals surface area contributed by atoms with Gasteiger partial charge in [-0.3, -0.25) is 0 Å². The first-order valence-electron chi connectivity index (χ1n) is 7.56. The number of benzene rings is 2. The lowest BCUT2D eigenvalue weighted by Crippen LogP contribution is -2.27.